The zero-order valence-electron chi connectivity index (χ0n) is 21.9. The van der Waals surface area contributed by atoms with Gasteiger partial charge in [-0.1, -0.05) is 23.2 Å². The number of esters is 1. The highest BCUT2D eigenvalue weighted by Crippen LogP contribution is 2.38. The predicted octanol–water partition coefficient (Wildman–Crippen LogP) is 5.77. The average molecular weight is 574 g/mol. The second-order valence-electron chi connectivity index (χ2n) is 8.68. The summed E-state index contributed by atoms with van der Waals surface area (Å²) in [7, 11) is 3.15. The Morgan fingerprint density at radius 2 is 1.64 bits per heavy atom. The van der Waals surface area contributed by atoms with E-state index in [1.54, 1.807) is 68.5 Å². The first kappa shape index (κ1) is 28.4. The largest absolute Gasteiger partial charge is 0.493 e. The Bertz CT molecular complexity index is 1330. The predicted molar refractivity (Wildman–Crippen MR) is 148 cm³/mol. The zero-order chi connectivity index (χ0) is 27.9. The summed E-state index contributed by atoms with van der Waals surface area (Å²) in [4.78, 5) is 27.1. The Balaban J connectivity index is 1.56. The van der Waals surface area contributed by atoms with Crippen LogP contribution in [0.5, 0.6) is 23.0 Å². The summed E-state index contributed by atoms with van der Waals surface area (Å²) in [5, 5.41) is 0.797. The lowest BCUT2D eigenvalue weighted by Gasteiger charge is -2.37. The van der Waals surface area contributed by atoms with Gasteiger partial charge in [0.05, 0.1) is 37.5 Å². The van der Waals surface area contributed by atoms with E-state index in [0.29, 0.717) is 58.2 Å². The lowest BCUT2D eigenvalue weighted by Crippen LogP contribution is -2.44. The summed E-state index contributed by atoms with van der Waals surface area (Å²) < 4.78 is 27.9. The van der Waals surface area contributed by atoms with Crippen LogP contribution in [0.2, 0.25) is 10.0 Å². The molecule has 1 amide bonds. The van der Waals surface area contributed by atoms with Gasteiger partial charge in [0.15, 0.2) is 18.1 Å². The second kappa shape index (κ2) is 13.0. The maximum absolute atomic E-state index is 13.4. The molecule has 0 aliphatic carbocycles. The van der Waals surface area contributed by atoms with Gasteiger partial charge in [0.1, 0.15) is 18.1 Å². The van der Waals surface area contributed by atoms with E-state index in [9.17, 15) is 9.59 Å². The van der Waals surface area contributed by atoms with E-state index in [0.717, 1.165) is 11.1 Å². The Morgan fingerprint density at radius 1 is 0.923 bits per heavy atom. The summed E-state index contributed by atoms with van der Waals surface area (Å²) in [6.07, 6.45) is 0.619. The van der Waals surface area contributed by atoms with Crippen LogP contribution in [0.4, 0.5) is 0 Å². The van der Waals surface area contributed by atoms with Crippen molar-refractivity contribution in [2.75, 3.05) is 40.6 Å². The lowest BCUT2D eigenvalue weighted by atomic mass is 9.92. The summed E-state index contributed by atoms with van der Waals surface area (Å²) >= 11 is 12.2. The van der Waals surface area contributed by atoms with Crippen LogP contribution in [-0.4, -0.2) is 57.4 Å². The molecule has 39 heavy (non-hydrogen) atoms. The standard InChI is InChI=1S/C29H29Cl2NO7/c1-4-37-29(34)18-5-8-21(9-6-18)38-16-24-22-15-27(36-3)26(35-2)13-19(22)11-12-32(24)28(33)17-39-25-10-7-20(30)14-23(25)31/h5-10,13-15,24H,4,11-12,16-17H2,1-3H3. The highest BCUT2D eigenvalue weighted by Gasteiger charge is 2.33. The van der Waals surface area contributed by atoms with E-state index in [1.165, 1.54) is 0 Å². The van der Waals surface area contributed by atoms with Crippen molar-refractivity contribution in [1.29, 1.82) is 0 Å². The number of hydrogen-bond acceptors (Lipinski definition) is 7. The van der Waals surface area contributed by atoms with E-state index in [1.807, 2.05) is 12.1 Å². The number of nitrogens with zero attached hydrogens (tertiary/aromatic N) is 1. The Morgan fingerprint density at radius 3 is 2.31 bits per heavy atom. The minimum Gasteiger partial charge on any atom is -0.493 e. The van der Waals surface area contributed by atoms with Crippen molar-refractivity contribution in [1.82, 2.24) is 4.90 Å². The minimum atomic E-state index is -0.435. The smallest absolute Gasteiger partial charge is 0.338 e. The van der Waals surface area contributed by atoms with E-state index in [4.69, 9.17) is 46.9 Å². The van der Waals surface area contributed by atoms with Crippen molar-refractivity contribution in [3.8, 4) is 23.0 Å². The van der Waals surface area contributed by atoms with Gasteiger partial charge in [-0.15, -0.1) is 0 Å². The number of halogens is 2. The van der Waals surface area contributed by atoms with Crippen LogP contribution in [0.15, 0.2) is 54.6 Å². The van der Waals surface area contributed by atoms with Gasteiger partial charge in [0.2, 0.25) is 0 Å². The number of rotatable bonds is 10. The molecule has 1 aliphatic rings. The highest BCUT2D eigenvalue weighted by atomic mass is 35.5. The Kier molecular flexibility index (Phi) is 9.43. The van der Waals surface area contributed by atoms with Gasteiger partial charge in [-0.05, 0) is 79.1 Å². The van der Waals surface area contributed by atoms with E-state index < -0.39 is 12.0 Å². The fourth-order valence-electron chi connectivity index (χ4n) is 4.40. The number of hydrogen-bond donors (Lipinski definition) is 0. The molecule has 3 aromatic rings. The molecule has 0 spiro atoms. The molecule has 0 aromatic heterocycles. The number of amides is 1. The number of benzene rings is 3. The van der Waals surface area contributed by atoms with Crippen molar-refractivity contribution in [2.24, 2.45) is 0 Å². The fraction of sp³-hybridized carbons (Fsp3) is 0.310. The molecule has 0 bridgehead atoms. The monoisotopic (exact) mass is 573 g/mol. The number of ether oxygens (including phenoxy) is 5. The van der Waals surface area contributed by atoms with Crippen LogP contribution >= 0.6 is 23.2 Å². The number of carbonyl (C=O) groups is 2. The number of carbonyl (C=O) groups excluding carboxylic acids is 2. The van der Waals surface area contributed by atoms with E-state index >= 15 is 0 Å². The number of fused-ring (bicyclic) bond motifs is 1. The van der Waals surface area contributed by atoms with Gasteiger partial charge in [0, 0.05) is 11.6 Å². The van der Waals surface area contributed by atoms with Crippen molar-refractivity contribution in [3.05, 3.63) is 81.3 Å². The molecule has 4 rings (SSSR count). The van der Waals surface area contributed by atoms with E-state index in [-0.39, 0.29) is 19.1 Å². The van der Waals surface area contributed by atoms with Gasteiger partial charge >= 0.3 is 5.97 Å². The number of methoxy groups -OCH3 is 2. The first-order valence-electron chi connectivity index (χ1n) is 12.4. The molecule has 8 nitrogen and oxygen atoms in total. The highest BCUT2D eigenvalue weighted by molar-refractivity contribution is 6.35. The van der Waals surface area contributed by atoms with Gasteiger partial charge in [0.25, 0.3) is 5.91 Å². The molecule has 1 heterocycles. The molecule has 0 fully saturated rings. The quantitative estimate of drug-likeness (QED) is 0.284. The van der Waals surface area contributed by atoms with Crippen LogP contribution in [0.25, 0.3) is 0 Å². The first-order chi connectivity index (χ1) is 18.8. The fourth-order valence-corrected chi connectivity index (χ4v) is 4.86. The van der Waals surface area contributed by atoms with Crippen LogP contribution in [0.3, 0.4) is 0 Å². The first-order valence-corrected chi connectivity index (χ1v) is 13.1. The van der Waals surface area contributed by atoms with Crippen LogP contribution < -0.4 is 18.9 Å². The molecule has 0 saturated carbocycles. The normalized spacial score (nSPS) is 14.3. The Hall–Kier alpha value is -3.62. The second-order valence-corrected chi connectivity index (χ2v) is 9.52. The topological polar surface area (TPSA) is 83.5 Å². The van der Waals surface area contributed by atoms with Gasteiger partial charge in [-0.3, -0.25) is 4.79 Å². The summed E-state index contributed by atoms with van der Waals surface area (Å²) in [5.41, 5.74) is 2.35. The third-order valence-corrected chi connectivity index (χ3v) is 6.87. The van der Waals surface area contributed by atoms with Crippen molar-refractivity contribution in [3.63, 3.8) is 0 Å². The molecule has 1 aliphatic heterocycles. The third-order valence-electron chi connectivity index (χ3n) is 6.34. The summed E-state index contributed by atoms with van der Waals surface area (Å²) in [5.74, 6) is 1.46. The molecule has 0 N–H and O–H groups in total. The molecule has 1 unspecified atom stereocenters. The summed E-state index contributed by atoms with van der Waals surface area (Å²) in [6, 6.07) is 14.9. The van der Waals surface area contributed by atoms with Crippen molar-refractivity contribution >= 4 is 35.1 Å². The van der Waals surface area contributed by atoms with Gasteiger partial charge in [-0.25, -0.2) is 4.79 Å². The maximum atomic E-state index is 13.4. The van der Waals surface area contributed by atoms with Crippen LogP contribution in [0, 0.1) is 0 Å². The van der Waals surface area contributed by atoms with Gasteiger partial charge < -0.3 is 28.6 Å². The average Bonchev–Trinajstić information content (AvgIpc) is 2.94. The zero-order valence-corrected chi connectivity index (χ0v) is 23.4. The van der Waals surface area contributed by atoms with Crippen molar-refractivity contribution < 1.29 is 33.3 Å². The molecular weight excluding hydrogens is 545 g/mol. The lowest BCUT2D eigenvalue weighted by molar-refractivity contribution is -0.137. The Labute approximate surface area is 237 Å². The molecule has 0 saturated heterocycles. The molecular formula is C29H29Cl2NO7. The van der Waals surface area contributed by atoms with Gasteiger partial charge in [-0.2, -0.15) is 0 Å². The SMILES string of the molecule is CCOC(=O)c1ccc(OCC2c3cc(OC)c(OC)cc3CCN2C(=O)COc2ccc(Cl)cc2Cl)cc1. The molecule has 206 valence electrons. The van der Waals surface area contributed by atoms with Crippen LogP contribution in [0.1, 0.15) is 34.5 Å². The minimum absolute atomic E-state index is 0.161. The molecule has 0 radical (unpaired) electrons. The molecule has 10 heteroatoms. The molecule has 1 atom stereocenters. The summed E-state index contributed by atoms with van der Waals surface area (Å²) in [6.45, 7) is 2.45. The van der Waals surface area contributed by atoms with Crippen molar-refractivity contribution in [2.45, 2.75) is 19.4 Å². The maximum Gasteiger partial charge on any atom is 0.338 e. The third kappa shape index (κ3) is 6.69. The van der Waals surface area contributed by atoms with E-state index in [2.05, 4.69) is 0 Å². The van der Waals surface area contributed by atoms with Crippen LogP contribution in [-0.2, 0) is 16.0 Å². The molecule has 3 aromatic carbocycles.